The van der Waals surface area contributed by atoms with Crippen LogP contribution in [-0.4, -0.2) is 19.1 Å². The third-order valence-corrected chi connectivity index (χ3v) is 2.88. The Morgan fingerprint density at radius 1 is 1.14 bits per heavy atom. The molecule has 0 aliphatic rings. The Morgan fingerprint density at radius 3 is 2.57 bits per heavy atom. The highest BCUT2D eigenvalue weighted by Gasteiger charge is 2.15. The number of hydrogen-bond acceptors (Lipinski definition) is 4. The van der Waals surface area contributed by atoms with E-state index in [1.807, 2.05) is 6.07 Å². The van der Waals surface area contributed by atoms with Gasteiger partial charge in [-0.25, -0.2) is 0 Å². The first-order valence-electron chi connectivity index (χ1n) is 6.55. The van der Waals surface area contributed by atoms with Crippen LogP contribution in [0, 0.1) is 0 Å². The van der Waals surface area contributed by atoms with Crippen molar-refractivity contribution in [2.75, 3.05) is 18.2 Å². The summed E-state index contributed by atoms with van der Waals surface area (Å²) in [5.41, 5.74) is 6.92. The summed E-state index contributed by atoms with van der Waals surface area (Å²) in [6, 6.07) is 14.1. The average molecular weight is 286 g/mol. The van der Waals surface area contributed by atoms with Gasteiger partial charge in [0.25, 0.3) is 5.91 Å². The lowest BCUT2D eigenvalue weighted by Crippen LogP contribution is -2.30. The van der Waals surface area contributed by atoms with Crippen molar-refractivity contribution in [3.63, 3.8) is 0 Å². The van der Waals surface area contributed by atoms with E-state index in [1.165, 1.54) is 0 Å². The molecule has 0 heterocycles. The first-order valence-corrected chi connectivity index (χ1v) is 6.55. The molecule has 0 saturated heterocycles. The Kier molecular flexibility index (Phi) is 4.66. The van der Waals surface area contributed by atoms with Crippen LogP contribution < -0.4 is 20.5 Å². The van der Waals surface area contributed by atoms with Crippen molar-refractivity contribution in [1.29, 1.82) is 0 Å². The van der Waals surface area contributed by atoms with Crippen LogP contribution in [0.3, 0.4) is 0 Å². The van der Waals surface area contributed by atoms with Crippen LogP contribution in [0.5, 0.6) is 11.5 Å². The second-order valence-corrected chi connectivity index (χ2v) is 4.55. The van der Waals surface area contributed by atoms with E-state index in [1.54, 1.807) is 56.5 Å². The minimum Gasteiger partial charge on any atom is -0.497 e. The summed E-state index contributed by atoms with van der Waals surface area (Å²) in [6.45, 7) is 1.68. The molecular formula is C16H18N2O3. The molecule has 0 aliphatic carbocycles. The number of methoxy groups -OCH3 is 1. The summed E-state index contributed by atoms with van der Waals surface area (Å²) < 4.78 is 10.7. The monoisotopic (exact) mass is 286 g/mol. The summed E-state index contributed by atoms with van der Waals surface area (Å²) in [5.74, 6) is 0.992. The number of rotatable bonds is 5. The molecule has 1 unspecified atom stereocenters. The van der Waals surface area contributed by atoms with Gasteiger partial charge < -0.3 is 20.5 Å². The van der Waals surface area contributed by atoms with Crippen molar-refractivity contribution in [2.45, 2.75) is 13.0 Å². The molecule has 110 valence electrons. The van der Waals surface area contributed by atoms with Crippen molar-refractivity contribution in [3.8, 4) is 11.5 Å². The van der Waals surface area contributed by atoms with Crippen molar-refractivity contribution in [1.82, 2.24) is 0 Å². The van der Waals surface area contributed by atoms with Gasteiger partial charge in [-0.1, -0.05) is 12.1 Å². The molecule has 5 heteroatoms. The van der Waals surface area contributed by atoms with Gasteiger partial charge in [-0.05, 0) is 31.2 Å². The predicted molar refractivity (Wildman–Crippen MR) is 82.6 cm³/mol. The minimum absolute atomic E-state index is 0.245. The Morgan fingerprint density at radius 2 is 1.86 bits per heavy atom. The van der Waals surface area contributed by atoms with E-state index in [-0.39, 0.29) is 5.91 Å². The molecular weight excluding hydrogens is 268 g/mol. The van der Waals surface area contributed by atoms with Gasteiger partial charge in [0, 0.05) is 23.5 Å². The van der Waals surface area contributed by atoms with Gasteiger partial charge in [-0.3, -0.25) is 4.79 Å². The molecule has 2 aromatic carbocycles. The van der Waals surface area contributed by atoms with E-state index in [2.05, 4.69) is 5.32 Å². The fourth-order valence-electron chi connectivity index (χ4n) is 1.79. The van der Waals surface area contributed by atoms with E-state index in [4.69, 9.17) is 15.2 Å². The van der Waals surface area contributed by atoms with Crippen LogP contribution in [0.4, 0.5) is 11.4 Å². The third-order valence-electron chi connectivity index (χ3n) is 2.88. The number of anilines is 2. The molecule has 3 N–H and O–H groups in total. The zero-order valence-corrected chi connectivity index (χ0v) is 12.0. The van der Waals surface area contributed by atoms with Crippen LogP contribution in [0.2, 0.25) is 0 Å². The number of benzene rings is 2. The van der Waals surface area contributed by atoms with E-state index in [0.717, 1.165) is 0 Å². The lowest BCUT2D eigenvalue weighted by Gasteiger charge is -2.15. The predicted octanol–water partition coefficient (Wildman–Crippen LogP) is 2.68. The number of carbonyl (C=O) groups excluding carboxylic acids is 1. The summed E-state index contributed by atoms with van der Waals surface area (Å²) in [5, 5.41) is 2.78. The molecule has 0 fully saturated rings. The lowest BCUT2D eigenvalue weighted by atomic mass is 10.2. The van der Waals surface area contributed by atoms with E-state index in [0.29, 0.717) is 22.9 Å². The van der Waals surface area contributed by atoms with Crippen molar-refractivity contribution >= 4 is 17.3 Å². The normalized spacial score (nSPS) is 11.5. The second kappa shape index (κ2) is 6.65. The smallest absolute Gasteiger partial charge is 0.265 e. The van der Waals surface area contributed by atoms with Crippen LogP contribution in [-0.2, 0) is 4.79 Å². The van der Waals surface area contributed by atoms with E-state index in [9.17, 15) is 4.79 Å². The van der Waals surface area contributed by atoms with Gasteiger partial charge in [0.15, 0.2) is 6.10 Å². The SMILES string of the molecule is COc1cccc(NC(=O)C(C)Oc2cccc(N)c2)c1. The molecule has 0 saturated carbocycles. The number of nitrogen functional groups attached to an aromatic ring is 1. The summed E-state index contributed by atoms with van der Waals surface area (Å²) >= 11 is 0. The summed E-state index contributed by atoms with van der Waals surface area (Å²) in [6.07, 6.45) is -0.641. The minimum atomic E-state index is -0.641. The highest BCUT2D eigenvalue weighted by molar-refractivity contribution is 5.94. The topological polar surface area (TPSA) is 73.6 Å². The maximum Gasteiger partial charge on any atom is 0.265 e. The second-order valence-electron chi connectivity index (χ2n) is 4.55. The van der Waals surface area contributed by atoms with Crippen molar-refractivity contribution in [2.24, 2.45) is 0 Å². The molecule has 2 rings (SSSR count). The van der Waals surface area contributed by atoms with Crippen molar-refractivity contribution < 1.29 is 14.3 Å². The third kappa shape index (κ3) is 4.14. The van der Waals surface area contributed by atoms with E-state index >= 15 is 0 Å². The van der Waals surface area contributed by atoms with Gasteiger partial charge in [-0.15, -0.1) is 0 Å². The molecule has 0 spiro atoms. The van der Waals surface area contributed by atoms with Gasteiger partial charge in [-0.2, -0.15) is 0 Å². The van der Waals surface area contributed by atoms with Gasteiger partial charge in [0.2, 0.25) is 0 Å². The maximum atomic E-state index is 12.1. The van der Waals surface area contributed by atoms with Crippen LogP contribution >= 0.6 is 0 Å². The van der Waals surface area contributed by atoms with Gasteiger partial charge >= 0.3 is 0 Å². The van der Waals surface area contributed by atoms with Crippen LogP contribution in [0.1, 0.15) is 6.92 Å². The molecule has 0 aromatic heterocycles. The first kappa shape index (κ1) is 14.7. The first-order chi connectivity index (χ1) is 10.1. The molecule has 0 bridgehead atoms. The molecule has 0 aliphatic heterocycles. The zero-order chi connectivity index (χ0) is 15.2. The van der Waals surface area contributed by atoms with Gasteiger partial charge in [0.1, 0.15) is 11.5 Å². The number of nitrogens with one attached hydrogen (secondary N) is 1. The number of amides is 1. The number of hydrogen-bond donors (Lipinski definition) is 2. The lowest BCUT2D eigenvalue weighted by molar-refractivity contribution is -0.122. The standard InChI is InChI=1S/C16H18N2O3/c1-11(21-15-8-3-5-12(17)9-15)16(19)18-13-6-4-7-14(10-13)20-2/h3-11H,17H2,1-2H3,(H,18,19). The molecule has 21 heavy (non-hydrogen) atoms. The molecule has 1 amide bonds. The highest BCUT2D eigenvalue weighted by Crippen LogP contribution is 2.19. The number of nitrogens with two attached hydrogens (primary N) is 1. The fraction of sp³-hybridized carbons (Fsp3) is 0.188. The van der Waals surface area contributed by atoms with Crippen LogP contribution in [0.15, 0.2) is 48.5 Å². The Balaban J connectivity index is 1.99. The zero-order valence-electron chi connectivity index (χ0n) is 12.0. The highest BCUT2D eigenvalue weighted by atomic mass is 16.5. The fourth-order valence-corrected chi connectivity index (χ4v) is 1.79. The molecule has 2 aromatic rings. The molecule has 0 radical (unpaired) electrons. The van der Waals surface area contributed by atoms with E-state index < -0.39 is 6.10 Å². The summed E-state index contributed by atoms with van der Waals surface area (Å²) in [4.78, 5) is 12.1. The van der Waals surface area contributed by atoms with Gasteiger partial charge in [0.05, 0.1) is 7.11 Å². The maximum absolute atomic E-state index is 12.1. The Labute approximate surface area is 123 Å². The molecule has 5 nitrogen and oxygen atoms in total. The van der Waals surface area contributed by atoms with Crippen molar-refractivity contribution in [3.05, 3.63) is 48.5 Å². The Bertz CT molecular complexity index is 628. The number of carbonyl (C=O) groups is 1. The largest absolute Gasteiger partial charge is 0.497 e. The molecule has 1 atom stereocenters. The Hall–Kier alpha value is -2.69. The number of ether oxygens (including phenoxy) is 2. The summed E-state index contributed by atoms with van der Waals surface area (Å²) in [7, 11) is 1.58. The van der Waals surface area contributed by atoms with Crippen LogP contribution in [0.25, 0.3) is 0 Å². The average Bonchev–Trinajstić information content (AvgIpc) is 2.47. The quantitative estimate of drug-likeness (QED) is 0.829.